The van der Waals surface area contributed by atoms with Crippen molar-refractivity contribution < 1.29 is 14.3 Å². The highest BCUT2D eigenvalue weighted by Gasteiger charge is 2.14. The number of thiophene rings is 1. The van der Waals surface area contributed by atoms with Gasteiger partial charge in [0.25, 0.3) is 5.91 Å². The lowest BCUT2D eigenvalue weighted by molar-refractivity contribution is 0.0923. The third-order valence-corrected chi connectivity index (χ3v) is 4.46. The van der Waals surface area contributed by atoms with E-state index in [4.69, 9.17) is 9.52 Å². The van der Waals surface area contributed by atoms with Crippen LogP contribution in [0.2, 0.25) is 0 Å². The Morgan fingerprint density at radius 1 is 1.40 bits per heavy atom. The minimum Gasteiger partial charge on any atom is -0.444 e. The predicted octanol–water partition coefficient (Wildman–Crippen LogP) is 3.39. The summed E-state index contributed by atoms with van der Waals surface area (Å²) in [6.07, 6.45) is 1.51. The SMILES string of the molecule is O=C(NCC[C@H](CCO)c1cccs1)c1ccc(Br)o1. The van der Waals surface area contributed by atoms with Crippen molar-refractivity contribution in [3.05, 3.63) is 45.0 Å². The largest absolute Gasteiger partial charge is 0.444 e. The molecular formula is C14H16BrNO3S. The first-order chi connectivity index (χ1) is 9.70. The molecule has 4 nitrogen and oxygen atoms in total. The first kappa shape index (κ1) is 15.3. The number of hydrogen-bond donors (Lipinski definition) is 2. The lowest BCUT2D eigenvalue weighted by Crippen LogP contribution is -2.25. The molecule has 6 heteroatoms. The van der Waals surface area contributed by atoms with Crippen LogP contribution in [0.4, 0.5) is 0 Å². The minimum atomic E-state index is -0.218. The molecule has 2 aromatic heterocycles. The quantitative estimate of drug-likeness (QED) is 0.798. The number of furan rings is 1. The Labute approximate surface area is 129 Å². The zero-order chi connectivity index (χ0) is 14.4. The van der Waals surface area contributed by atoms with Gasteiger partial charge in [-0.05, 0) is 58.3 Å². The maximum absolute atomic E-state index is 11.8. The number of halogens is 1. The number of carbonyl (C=O) groups is 1. The third-order valence-electron chi connectivity index (χ3n) is 3.00. The summed E-state index contributed by atoms with van der Waals surface area (Å²) in [4.78, 5) is 13.1. The van der Waals surface area contributed by atoms with Gasteiger partial charge in [0.15, 0.2) is 10.4 Å². The Balaban J connectivity index is 1.83. The van der Waals surface area contributed by atoms with Crippen molar-refractivity contribution in [1.29, 1.82) is 0 Å². The van der Waals surface area contributed by atoms with Gasteiger partial charge < -0.3 is 14.8 Å². The summed E-state index contributed by atoms with van der Waals surface area (Å²) in [5.74, 6) is 0.361. The molecule has 20 heavy (non-hydrogen) atoms. The van der Waals surface area contributed by atoms with Crippen LogP contribution >= 0.6 is 27.3 Å². The predicted molar refractivity (Wildman–Crippen MR) is 82.1 cm³/mol. The summed E-state index contributed by atoms with van der Waals surface area (Å²) in [5.41, 5.74) is 0. The molecule has 2 N–H and O–H groups in total. The molecule has 0 saturated carbocycles. The van der Waals surface area contributed by atoms with Crippen molar-refractivity contribution in [1.82, 2.24) is 5.32 Å². The molecule has 0 radical (unpaired) electrons. The molecule has 0 aliphatic rings. The summed E-state index contributed by atoms with van der Waals surface area (Å²) in [6.45, 7) is 0.710. The smallest absolute Gasteiger partial charge is 0.287 e. The Morgan fingerprint density at radius 3 is 2.85 bits per heavy atom. The zero-order valence-corrected chi connectivity index (χ0v) is 13.2. The van der Waals surface area contributed by atoms with Gasteiger partial charge in [0.05, 0.1) is 0 Å². The van der Waals surface area contributed by atoms with Crippen LogP contribution in [0, 0.1) is 0 Å². The van der Waals surface area contributed by atoms with E-state index in [2.05, 4.69) is 27.3 Å². The summed E-state index contributed by atoms with van der Waals surface area (Å²) in [7, 11) is 0. The average Bonchev–Trinajstić information content (AvgIpc) is 3.08. The first-order valence-electron chi connectivity index (χ1n) is 6.38. The second-order valence-electron chi connectivity index (χ2n) is 4.37. The van der Waals surface area contributed by atoms with E-state index in [0.29, 0.717) is 23.4 Å². The molecule has 2 aromatic rings. The normalized spacial score (nSPS) is 12.3. The molecule has 0 saturated heterocycles. The number of rotatable bonds is 7. The molecule has 2 rings (SSSR count). The number of aliphatic hydroxyl groups is 1. The molecule has 1 amide bonds. The van der Waals surface area contributed by atoms with Crippen molar-refractivity contribution >= 4 is 33.2 Å². The molecule has 2 heterocycles. The van der Waals surface area contributed by atoms with Crippen molar-refractivity contribution in [2.45, 2.75) is 18.8 Å². The van der Waals surface area contributed by atoms with Gasteiger partial charge in [-0.15, -0.1) is 11.3 Å². The highest BCUT2D eigenvalue weighted by Crippen LogP contribution is 2.26. The number of amides is 1. The Kier molecular flexibility index (Phi) is 5.82. The summed E-state index contributed by atoms with van der Waals surface area (Å²) >= 11 is 4.85. The van der Waals surface area contributed by atoms with Crippen molar-refractivity contribution in [3.8, 4) is 0 Å². The van der Waals surface area contributed by atoms with Crippen LogP contribution in [0.25, 0.3) is 0 Å². The maximum Gasteiger partial charge on any atom is 0.287 e. The fraction of sp³-hybridized carbons (Fsp3) is 0.357. The second kappa shape index (κ2) is 7.61. The Hall–Kier alpha value is -1.11. The first-order valence-corrected chi connectivity index (χ1v) is 8.05. The van der Waals surface area contributed by atoms with E-state index in [9.17, 15) is 4.79 Å². The lowest BCUT2D eigenvalue weighted by Gasteiger charge is -2.14. The van der Waals surface area contributed by atoms with Gasteiger partial charge >= 0.3 is 0 Å². The fourth-order valence-electron chi connectivity index (χ4n) is 1.99. The lowest BCUT2D eigenvalue weighted by atomic mass is 10.00. The van der Waals surface area contributed by atoms with Crippen LogP contribution in [-0.4, -0.2) is 24.2 Å². The summed E-state index contributed by atoms with van der Waals surface area (Å²) in [6, 6.07) is 7.39. The molecule has 0 spiro atoms. The Bertz CT molecular complexity index is 538. The fourth-order valence-corrected chi connectivity index (χ4v) is 3.20. The molecule has 0 unspecified atom stereocenters. The third kappa shape index (κ3) is 4.19. The molecule has 108 valence electrons. The number of carbonyl (C=O) groups excluding carboxylic acids is 1. The van der Waals surface area contributed by atoms with Crippen LogP contribution in [0.3, 0.4) is 0 Å². The molecule has 0 aliphatic heterocycles. The van der Waals surface area contributed by atoms with E-state index < -0.39 is 0 Å². The van der Waals surface area contributed by atoms with Crippen molar-refractivity contribution in [2.24, 2.45) is 0 Å². The van der Waals surface area contributed by atoms with Crippen LogP contribution in [-0.2, 0) is 0 Å². The van der Waals surface area contributed by atoms with Crippen LogP contribution in [0.5, 0.6) is 0 Å². The van der Waals surface area contributed by atoms with Gasteiger partial charge in [-0.25, -0.2) is 0 Å². The molecule has 0 bridgehead atoms. The highest BCUT2D eigenvalue weighted by atomic mass is 79.9. The average molecular weight is 358 g/mol. The molecule has 0 aromatic carbocycles. The number of aliphatic hydroxyl groups excluding tert-OH is 1. The van der Waals surface area contributed by atoms with Crippen molar-refractivity contribution in [2.75, 3.05) is 13.2 Å². The van der Waals surface area contributed by atoms with E-state index >= 15 is 0 Å². The van der Waals surface area contributed by atoms with Gasteiger partial charge in [-0.2, -0.15) is 0 Å². The standard InChI is InChI=1S/C14H16BrNO3S/c15-13-4-3-11(19-13)14(18)16-7-5-10(6-8-17)12-2-1-9-20-12/h1-4,9-10,17H,5-8H2,(H,16,18)/t10-/m1/s1. The minimum absolute atomic E-state index is 0.154. The number of hydrogen-bond acceptors (Lipinski definition) is 4. The van der Waals surface area contributed by atoms with E-state index in [1.165, 1.54) is 4.88 Å². The molecule has 1 atom stereocenters. The van der Waals surface area contributed by atoms with E-state index in [1.807, 2.05) is 11.4 Å². The maximum atomic E-state index is 11.8. The van der Waals surface area contributed by atoms with Gasteiger partial charge in [0.2, 0.25) is 0 Å². The Morgan fingerprint density at radius 2 is 2.25 bits per heavy atom. The monoisotopic (exact) mass is 357 g/mol. The van der Waals surface area contributed by atoms with Crippen LogP contribution < -0.4 is 5.32 Å². The summed E-state index contributed by atoms with van der Waals surface area (Å²) in [5, 5.41) is 14.0. The topological polar surface area (TPSA) is 62.5 Å². The van der Waals surface area contributed by atoms with E-state index in [-0.39, 0.29) is 18.4 Å². The molecular weight excluding hydrogens is 342 g/mol. The van der Waals surface area contributed by atoms with Crippen molar-refractivity contribution in [3.63, 3.8) is 0 Å². The van der Waals surface area contributed by atoms with Gasteiger partial charge in [0, 0.05) is 18.0 Å². The van der Waals surface area contributed by atoms with Gasteiger partial charge in [-0.1, -0.05) is 6.07 Å². The molecule has 0 aliphatic carbocycles. The van der Waals surface area contributed by atoms with Gasteiger partial charge in [-0.3, -0.25) is 4.79 Å². The second-order valence-corrected chi connectivity index (χ2v) is 6.13. The van der Waals surface area contributed by atoms with E-state index in [1.54, 1.807) is 23.5 Å². The number of nitrogens with one attached hydrogen (secondary N) is 1. The van der Waals surface area contributed by atoms with Crippen LogP contribution in [0.15, 0.2) is 38.7 Å². The van der Waals surface area contributed by atoms with E-state index in [0.717, 1.165) is 6.42 Å². The highest BCUT2D eigenvalue weighted by molar-refractivity contribution is 9.10. The van der Waals surface area contributed by atoms with Gasteiger partial charge in [0.1, 0.15) is 0 Å². The van der Waals surface area contributed by atoms with Crippen LogP contribution in [0.1, 0.15) is 34.2 Å². The molecule has 0 fully saturated rings. The zero-order valence-electron chi connectivity index (χ0n) is 10.8. The summed E-state index contributed by atoms with van der Waals surface area (Å²) < 4.78 is 5.73.